The maximum absolute atomic E-state index is 5.75. The van der Waals surface area contributed by atoms with Crippen molar-refractivity contribution in [3.63, 3.8) is 0 Å². The SMILES string of the molecule is CCCCO[Si](C)N(CC)CC. The zero-order chi connectivity index (χ0) is 9.40. The van der Waals surface area contributed by atoms with Crippen LogP contribution in [-0.2, 0) is 4.43 Å². The minimum atomic E-state index is -0.669. The monoisotopic (exact) mass is 188 g/mol. The van der Waals surface area contributed by atoms with Crippen LogP contribution in [0.25, 0.3) is 0 Å². The molecule has 0 aliphatic rings. The van der Waals surface area contributed by atoms with Crippen molar-refractivity contribution < 1.29 is 4.43 Å². The number of hydrogen-bond donors (Lipinski definition) is 0. The summed E-state index contributed by atoms with van der Waals surface area (Å²) in [4.78, 5) is 0. The quantitative estimate of drug-likeness (QED) is 0.449. The Morgan fingerprint density at radius 1 is 1.17 bits per heavy atom. The van der Waals surface area contributed by atoms with E-state index in [0.717, 1.165) is 19.7 Å². The molecule has 2 nitrogen and oxygen atoms in total. The molecule has 0 fully saturated rings. The lowest BCUT2D eigenvalue weighted by atomic mass is 10.4. The van der Waals surface area contributed by atoms with E-state index >= 15 is 0 Å². The molecule has 3 heteroatoms. The average Bonchev–Trinajstić information content (AvgIpc) is 2.07. The van der Waals surface area contributed by atoms with Crippen LogP contribution in [0.5, 0.6) is 0 Å². The summed E-state index contributed by atoms with van der Waals surface area (Å²) in [6.07, 6.45) is 2.43. The fraction of sp³-hybridized carbons (Fsp3) is 1.00. The molecule has 0 heterocycles. The molecular formula is C9H22NOSi. The molecule has 0 saturated heterocycles. The Kier molecular flexibility index (Phi) is 7.86. The van der Waals surface area contributed by atoms with E-state index in [1.54, 1.807) is 0 Å². The molecule has 0 rings (SSSR count). The first-order chi connectivity index (χ1) is 5.76. The molecule has 0 aromatic rings. The van der Waals surface area contributed by atoms with Crippen LogP contribution >= 0.6 is 0 Å². The van der Waals surface area contributed by atoms with Crippen LogP contribution in [0.15, 0.2) is 0 Å². The van der Waals surface area contributed by atoms with Crippen molar-refractivity contribution in [1.29, 1.82) is 0 Å². The molecule has 0 saturated carbocycles. The van der Waals surface area contributed by atoms with E-state index in [-0.39, 0.29) is 0 Å². The van der Waals surface area contributed by atoms with E-state index in [2.05, 4.69) is 31.9 Å². The van der Waals surface area contributed by atoms with Gasteiger partial charge < -0.3 is 8.99 Å². The second kappa shape index (κ2) is 7.77. The number of rotatable bonds is 7. The Labute approximate surface area is 78.7 Å². The van der Waals surface area contributed by atoms with Gasteiger partial charge in [0, 0.05) is 6.61 Å². The molecule has 0 N–H and O–H groups in total. The van der Waals surface area contributed by atoms with Crippen LogP contribution in [0.3, 0.4) is 0 Å². The first-order valence-corrected chi connectivity index (χ1v) is 6.83. The Bertz CT molecular complexity index is 96.5. The second-order valence-corrected chi connectivity index (χ2v) is 4.85. The van der Waals surface area contributed by atoms with Gasteiger partial charge in [-0.1, -0.05) is 27.2 Å². The van der Waals surface area contributed by atoms with Gasteiger partial charge in [-0.2, -0.15) is 0 Å². The Morgan fingerprint density at radius 3 is 2.17 bits per heavy atom. The largest absolute Gasteiger partial charge is 0.403 e. The van der Waals surface area contributed by atoms with Gasteiger partial charge in [-0.3, -0.25) is 0 Å². The molecule has 0 bridgehead atoms. The predicted octanol–water partition coefficient (Wildman–Crippen LogP) is 2.26. The van der Waals surface area contributed by atoms with Crippen LogP contribution in [0.1, 0.15) is 33.6 Å². The topological polar surface area (TPSA) is 12.5 Å². The normalized spacial score (nSPS) is 11.5. The van der Waals surface area contributed by atoms with Crippen molar-refractivity contribution >= 4 is 9.20 Å². The predicted molar refractivity (Wildman–Crippen MR) is 55.4 cm³/mol. The van der Waals surface area contributed by atoms with Crippen molar-refractivity contribution in [3.8, 4) is 0 Å². The third kappa shape index (κ3) is 4.90. The smallest absolute Gasteiger partial charge is 0.302 e. The first kappa shape index (κ1) is 12.1. The van der Waals surface area contributed by atoms with Crippen LogP contribution in [0.4, 0.5) is 0 Å². The van der Waals surface area contributed by atoms with Gasteiger partial charge in [0.05, 0.1) is 0 Å². The lowest BCUT2D eigenvalue weighted by Gasteiger charge is -2.23. The maximum Gasteiger partial charge on any atom is 0.302 e. The summed E-state index contributed by atoms with van der Waals surface area (Å²) >= 11 is 0. The van der Waals surface area contributed by atoms with E-state index in [4.69, 9.17) is 4.43 Å². The van der Waals surface area contributed by atoms with Gasteiger partial charge in [0.2, 0.25) is 0 Å². The fourth-order valence-electron chi connectivity index (χ4n) is 1.12. The molecule has 0 spiro atoms. The standard InChI is InChI=1S/C9H22NOSi/c1-5-8-9-11-12(4)10(6-2)7-3/h5-9H2,1-4H3. The molecule has 0 aromatic carbocycles. The fourth-order valence-corrected chi connectivity index (χ4v) is 2.64. The highest BCUT2D eigenvalue weighted by Crippen LogP contribution is 1.97. The van der Waals surface area contributed by atoms with Gasteiger partial charge in [0.1, 0.15) is 0 Å². The number of nitrogens with zero attached hydrogens (tertiary/aromatic N) is 1. The maximum atomic E-state index is 5.75. The second-order valence-electron chi connectivity index (χ2n) is 2.89. The lowest BCUT2D eigenvalue weighted by molar-refractivity contribution is 0.264. The third-order valence-corrected chi connectivity index (χ3v) is 4.16. The molecule has 0 amide bonds. The van der Waals surface area contributed by atoms with Crippen molar-refractivity contribution in [2.24, 2.45) is 0 Å². The summed E-state index contributed by atoms with van der Waals surface area (Å²) in [6, 6.07) is 0. The minimum absolute atomic E-state index is 0.669. The summed E-state index contributed by atoms with van der Waals surface area (Å²) in [5.74, 6) is 0. The molecule has 0 unspecified atom stereocenters. The molecule has 0 aliphatic carbocycles. The summed E-state index contributed by atoms with van der Waals surface area (Å²) in [5, 5.41) is 0. The van der Waals surface area contributed by atoms with E-state index in [0.29, 0.717) is 0 Å². The van der Waals surface area contributed by atoms with Crippen molar-refractivity contribution in [2.75, 3.05) is 19.7 Å². The van der Waals surface area contributed by atoms with Crippen molar-refractivity contribution in [3.05, 3.63) is 0 Å². The van der Waals surface area contributed by atoms with Crippen LogP contribution < -0.4 is 0 Å². The molecule has 12 heavy (non-hydrogen) atoms. The van der Waals surface area contributed by atoms with E-state index < -0.39 is 9.20 Å². The lowest BCUT2D eigenvalue weighted by Crippen LogP contribution is -2.39. The van der Waals surface area contributed by atoms with Crippen LogP contribution in [0.2, 0.25) is 6.55 Å². The highest BCUT2D eigenvalue weighted by molar-refractivity contribution is 6.46. The summed E-state index contributed by atoms with van der Waals surface area (Å²) in [6.45, 7) is 12.0. The molecule has 73 valence electrons. The van der Waals surface area contributed by atoms with Gasteiger partial charge >= 0.3 is 9.20 Å². The summed E-state index contributed by atoms with van der Waals surface area (Å²) in [7, 11) is -0.669. The third-order valence-electron chi connectivity index (χ3n) is 2.02. The highest BCUT2D eigenvalue weighted by Gasteiger charge is 2.13. The Balaban J connectivity index is 3.47. The molecule has 1 radical (unpaired) electrons. The van der Waals surface area contributed by atoms with E-state index in [9.17, 15) is 0 Å². The minimum Gasteiger partial charge on any atom is -0.403 e. The van der Waals surface area contributed by atoms with Gasteiger partial charge in [-0.05, 0) is 26.1 Å². The zero-order valence-electron chi connectivity index (χ0n) is 8.89. The number of unbranched alkanes of at least 4 members (excludes halogenated alkanes) is 1. The molecule has 0 aliphatic heterocycles. The van der Waals surface area contributed by atoms with Gasteiger partial charge in [-0.25, -0.2) is 0 Å². The van der Waals surface area contributed by atoms with Crippen molar-refractivity contribution in [1.82, 2.24) is 4.57 Å². The van der Waals surface area contributed by atoms with Gasteiger partial charge in [0.25, 0.3) is 0 Å². The Morgan fingerprint density at radius 2 is 1.75 bits per heavy atom. The first-order valence-electron chi connectivity index (χ1n) is 4.97. The van der Waals surface area contributed by atoms with Crippen molar-refractivity contribution in [2.45, 2.75) is 40.2 Å². The van der Waals surface area contributed by atoms with Gasteiger partial charge in [-0.15, -0.1) is 0 Å². The highest BCUT2D eigenvalue weighted by atomic mass is 28.3. The average molecular weight is 188 g/mol. The molecule has 0 aromatic heterocycles. The van der Waals surface area contributed by atoms with Gasteiger partial charge in [0.15, 0.2) is 0 Å². The zero-order valence-corrected chi connectivity index (χ0v) is 9.89. The Hall–Kier alpha value is 0.137. The van der Waals surface area contributed by atoms with Crippen LogP contribution in [0, 0.1) is 0 Å². The number of hydrogen-bond acceptors (Lipinski definition) is 2. The van der Waals surface area contributed by atoms with E-state index in [1.165, 1.54) is 12.8 Å². The summed E-state index contributed by atoms with van der Waals surface area (Å²) < 4.78 is 8.17. The molecular weight excluding hydrogens is 166 g/mol. The van der Waals surface area contributed by atoms with E-state index in [1.807, 2.05) is 0 Å². The molecule has 0 atom stereocenters. The van der Waals surface area contributed by atoms with Crippen LogP contribution in [-0.4, -0.2) is 33.5 Å². The summed E-state index contributed by atoms with van der Waals surface area (Å²) in [5.41, 5.74) is 0.